The lowest BCUT2D eigenvalue weighted by Gasteiger charge is -2.51. The van der Waals surface area contributed by atoms with Gasteiger partial charge in [0.15, 0.2) is 12.6 Å². The van der Waals surface area contributed by atoms with E-state index in [1.165, 1.54) is 6.42 Å². The molecule has 21 heavy (non-hydrogen) atoms. The number of rotatable bonds is 2. The van der Waals surface area contributed by atoms with Gasteiger partial charge in [-0.2, -0.15) is 0 Å². The van der Waals surface area contributed by atoms with Gasteiger partial charge in [0.1, 0.15) is 0 Å². The minimum Gasteiger partial charge on any atom is -0.321 e. The quantitative estimate of drug-likeness (QED) is 0.602. The van der Waals surface area contributed by atoms with E-state index < -0.39 is 18.4 Å². The SMILES string of the molecule is C[C@H]1C(ON)OC2O[C@](C)(OO)CCC3C2C1CC[C@H]3C. The first-order valence-corrected chi connectivity index (χ1v) is 8.00. The molecule has 2 aliphatic heterocycles. The molecule has 3 fully saturated rings. The van der Waals surface area contributed by atoms with Crippen LogP contribution in [0.4, 0.5) is 0 Å². The molecule has 3 N–H and O–H groups in total. The summed E-state index contributed by atoms with van der Waals surface area (Å²) in [5.74, 6) is 6.55. The van der Waals surface area contributed by atoms with Gasteiger partial charge in [-0.15, -0.1) is 0 Å². The Morgan fingerprint density at radius 2 is 1.95 bits per heavy atom. The zero-order valence-corrected chi connectivity index (χ0v) is 13.0. The van der Waals surface area contributed by atoms with E-state index in [9.17, 15) is 5.26 Å². The van der Waals surface area contributed by atoms with Crippen molar-refractivity contribution in [3.8, 4) is 0 Å². The maximum Gasteiger partial charge on any atom is 0.201 e. The first-order valence-electron chi connectivity index (χ1n) is 8.00. The molecule has 0 aromatic heterocycles. The predicted molar refractivity (Wildman–Crippen MR) is 74.4 cm³/mol. The van der Waals surface area contributed by atoms with Gasteiger partial charge in [0.2, 0.25) is 5.79 Å². The Hall–Kier alpha value is -0.240. The van der Waals surface area contributed by atoms with Crippen LogP contribution in [0.15, 0.2) is 0 Å². The number of hydrogen-bond acceptors (Lipinski definition) is 6. The van der Waals surface area contributed by atoms with Gasteiger partial charge in [0.05, 0.1) is 0 Å². The molecule has 0 radical (unpaired) electrons. The van der Waals surface area contributed by atoms with E-state index in [2.05, 4.69) is 18.7 Å². The van der Waals surface area contributed by atoms with Gasteiger partial charge in [0.25, 0.3) is 0 Å². The second-order valence-corrected chi connectivity index (χ2v) is 7.21. The molecule has 3 aliphatic rings. The fourth-order valence-corrected chi connectivity index (χ4v) is 4.66. The van der Waals surface area contributed by atoms with Crippen molar-refractivity contribution in [1.82, 2.24) is 0 Å². The summed E-state index contributed by atoms with van der Waals surface area (Å²) in [6, 6.07) is 0. The van der Waals surface area contributed by atoms with E-state index in [-0.39, 0.29) is 5.92 Å². The van der Waals surface area contributed by atoms with Crippen molar-refractivity contribution < 1.29 is 24.5 Å². The lowest BCUT2D eigenvalue weighted by atomic mass is 9.61. The second kappa shape index (κ2) is 5.76. The molecular formula is C15H27NO5. The van der Waals surface area contributed by atoms with Crippen LogP contribution in [0.3, 0.4) is 0 Å². The minimum atomic E-state index is -1.02. The van der Waals surface area contributed by atoms with E-state index >= 15 is 0 Å². The molecule has 2 heterocycles. The summed E-state index contributed by atoms with van der Waals surface area (Å²) in [5, 5.41) is 9.21. The first kappa shape index (κ1) is 15.6. The van der Waals surface area contributed by atoms with Gasteiger partial charge < -0.3 is 9.47 Å². The minimum absolute atomic E-state index is 0.245. The van der Waals surface area contributed by atoms with Crippen LogP contribution in [-0.4, -0.2) is 23.6 Å². The highest BCUT2D eigenvalue weighted by atomic mass is 17.1. The smallest absolute Gasteiger partial charge is 0.201 e. The van der Waals surface area contributed by atoms with Crippen molar-refractivity contribution in [3.05, 3.63) is 0 Å². The molecule has 8 atom stereocenters. The third-order valence-corrected chi connectivity index (χ3v) is 5.99. The Morgan fingerprint density at radius 3 is 2.62 bits per heavy atom. The Labute approximate surface area is 125 Å². The highest BCUT2D eigenvalue weighted by Gasteiger charge is 2.54. The molecule has 1 aliphatic carbocycles. The highest BCUT2D eigenvalue weighted by Crippen LogP contribution is 2.53. The van der Waals surface area contributed by atoms with Crippen LogP contribution in [0.5, 0.6) is 0 Å². The molecule has 1 saturated carbocycles. The molecule has 6 heteroatoms. The van der Waals surface area contributed by atoms with Gasteiger partial charge in [0, 0.05) is 18.3 Å². The zero-order valence-electron chi connectivity index (χ0n) is 13.0. The van der Waals surface area contributed by atoms with Gasteiger partial charge in [-0.25, -0.2) is 16.0 Å². The standard InChI is InChI=1S/C15H27NO5/c1-8-4-5-11-9(2)13(20-16)18-14-12(11)10(8)6-7-15(3,19-14)21-17/h8-14,17H,4-7,16H2,1-3H3/t8-,9-,10?,11?,12?,13?,14?,15-/m1/s1. The number of ether oxygens (including phenoxy) is 2. The maximum absolute atomic E-state index is 9.21. The van der Waals surface area contributed by atoms with Crippen molar-refractivity contribution in [1.29, 1.82) is 0 Å². The summed E-state index contributed by atoms with van der Waals surface area (Å²) in [7, 11) is 0. The molecule has 0 aromatic rings. The normalized spacial score (nSPS) is 53.9. The Morgan fingerprint density at radius 1 is 1.19 bits per heavy atom. The highest BCUT2D eigenvalue weighted by molar-refractivity contribution is 4.95. The summed E-state index contributed by atoms with van der Waals surface area (Å²) in [6.45, 7) is 6.19. The van der Waals surface area contributed by atoms with Crippen LogP contribution >= 0.6 is 0 Å². The summed E-state index contributed by atoms with van der Waals surface area (Å²) in [6.07, 6.45) is 3.07. The lowest BCUT2D eigenvalue weighted by molar-refractivity contribution is -0.444. The van der Waals surface area contributed by atoms with Crippen LogP contribution in [0.25, 0.3) is 0 Å². The molecule has 122 valence electrons. The summed E-state index contributed by atoms with van der Waals surface area (Å²) in [4.78, 5) is 9.62. The number of hydrogen-bond donors (Lipinski definition) is 2. The maximum atomic E-state index is 9.21. The summed E-state index contributed by atoms with van der Waals surface area (Å²) >= 11 is 0. The van der Waals surface area contributed by atoms with E-state index in [1.54, 1.807) is 6.92 Å². The fraction of sp³-hybridized carbons (Fsp3) is 1.00. The molecule has 0 spiro atoms. The van der Waals surface area contributed by atoms with Gasteiger partial charge in [-0.3, -0.25) is 4.84 Å². The lowest BCUT2D eigenvalue weighted by Crippen LogP contribution is -2.55. The average Bonchev–Trinajstić information content (AvgIpc) is 2.63. The molecular weight excluding hydrogens is 274 g/mol. The van der Waals surface area contributed by atoms with Gasteiger partial charge in [-0.05, 0) is 37.5 Å². The molecule has 0 bridgehead atoms. The molecule has 0 aromatic carbocycles. The third kappa shape index (κ3) is 2.62. The van der Waals surface area contributed by atoms with Crippen LogP contribution in [0.1, 0.15) is 46.5 Å². The topological polar surface area (TPSA) is 83.2 Å². The summed E-state index contributed by atoms with van der Waals surface area (Å²) in [5.41, 5.74) is 0. The average molecular weight is 301 g/mol. The largest absolute Gasteiger partial charge is 0.321 e. The van der Waals surface area contributed by atoms with Crippen LogP contribution < -0.4 is 5.90 Å². The Bertz CT molecular complexity index is 379. The molecule has 3 rings (SSSR count). The molecule has 6 nitrogen and oxygen atoms in total. The molecule has 0 amide bonds. The Balaban J connectivity index is 1.92. The van der Waals surface area contributed by atoms with Crippen LogP contribution in [-0.2, 0) is 19.2 Å². The van der Waals surface area contributed by atoms with Gasteiger partial charge in [-0.1, -0.05) is 20.3 Å². The van der Waals surface area contributed by atoms with Crippen molar-refractivity contribution >= 4 is 0 Å². The fourth-order valence-electron chi connectivity index (χ4n) is 4.66. The Kier molecular flexibility index (Phi) is 4.29. The van der Waals surface area contributed by atoms with E-state index in [0.29, 0.717) is 30.1 Å². The van der Waals surface area contributed by atoms with Crippen molar-refractivity contribution in [2.75, 3.05) is 0 Å². The van der Waals surface area contributed by atoms with Crippen molar-refractivity contribution in [2.45, 2.75) is 64.8 Å². The zero-order chi connectivity index (χ0) is 15.2. The first-order chi connectivity index (χ1) is 9.99. The third-order valence-electron chi connectivity index (χ3n) is 5.99. The second-order valence-electron chi connectivity index (χ2n) is 7.21. The van der Waals surface area contributed by atoms with Crippen molar-refractivity contribution in [3.63, 3.8) is 0 Å². The molecule has 5 unspecified atom stereocenters. The molecule has 2 saturated heterocycles. The van der Waals surface area contributed by atoms with Crippen molar-refractivity contribution in [2.24, 2.45) is 35.5 Å². The van der Waals surface area contributed by atoms with E-state index in [4.69, 9.17) is 20.2 Å². The summed E-state index contributed by atoms with van der Waals surface area (Å²) < 4.78 is 11.9. The predicted octanol–water partition coefficient (Wildman–Crippen LogP) is 2.49. The van der Waals surface area contributed by atoms with E-state index in [0.717, 1.165) is 12.8 Å². The van der Waals surface area contributed by atoms with Crippen LogP contribution in [0.2, 0.25) is 0 Å². The van der Waals surface area contributed by atoms with Gasteiger partial charge >= 0.3 is 0 Å². The van der Waals surface area contributed by atoms with Crippen LogP contribution in [0, 0.1) is 29.6 Å². The van der Waals surface area contributed by atoms with E-state index in [1.807, 2.05) is 0 Å². The number of nitrogens with two attached hydrogens (primary N) is 1. The monoisotopic (exact) mass is 301 g/mol.